The number of sulfonamides is 1. The molecule has 186 valence electrons. The van der Waals surface area contributed by atoms with E-state index in [1.807, 2.05) is 6.07 Å². The summed E-state index contributed by atoms with van der Waals surface area (Å²) in [5.41, 5.74) is 3.39. The van der Waals surface area contributed by atoms with Crippen molar-refractivity contribution in [2.24, 2.45) is 11.3 Å². The van der Waals surface area contributed by atoms with Gasteiger partial charge in [0, 0.05) is 12.6 Å². The Labute approximate surface area is 207 Å². The van der Waals surface area contributed by atoms with Gasteiger partial charge < -0.3 is 0 Å². The molecule has 0 bridgehead atoms. The summed E-state index contributed by atoms with van der Waals surface area (Å²) in [5.74, 6) is -2.53. The van der Waals surface area contributed by atoms with Gasteiger partial charge in [0.2, 0.25) is 10.0 Å². The van der Waals surface area contributed by atoms with Crippen LogP contribution < -0.4 is 0 Å². The highest BCUT2D eigenvalue weighted by Gasteiger charge is 2.47. The molecule has 1 fully saturated rings. The molecular formula is C26H23F3N4O2S. The predicted octanol–water partition coefficient (Wildman–Crippen LogP) is 4.86. The Hall–Kier alpha value is -3.42. The second kappa shape index (κ2) is 8.91. The summed E-state index contributed by atoms with van der Waals surface area (Å²) in [7, 11) is -4.36. The van der Waals surface area contributed by atoms with E-state index in [1.165, 1.54) is 12.1 Å². The molecule has 5 rings (SSSR count). The third-order valence-electron chi connectivity index (χ3n) is 7.41. The zero-order valence-electron chi connectivity index (χ0n) is 19.5. The van der Waals surface area contributed by atoms with E-state index in [2.05, 4.69) is 18.1 Å². The number of nitrogens with zero attached hydrogens (tertiary/aromatic N) is 4. The Kier molecular flexibility index (Phi) is 6.01. The molecule has 10 heteroatoms. The highest BCUT2D eigenvalue weighted by atomic mass is 32.2. The van der Waals surface area contributed by atoms with Gasteiger partial charge in [0.25, 0.3) is 0 Å². The maximum Gasteiger partial charge on any atom is 0.246 e. The van der Waals surface area contributed by atoms with Crippen molar-refractivity contribution in [1.29, 1.82) is 5.26 Å². The Morgan fingerprint density at radius 3 is 2.58 bits per heavy atom. The number of hydrogen-bond donors (Lipinski definition) is 0. The molecule has 3 aromatic rings. The summed E-state index contributed by atoms with van der Waals surface area (Å²) in [6.45, 7) is 1.66. The standard InChI is InChI=1S/C26H23F3N4O2S/c1-26-14-17-15-31-33(22-7-4-20(27)5-8-22)24(17)12-18(26)2-3-19(26)16-32(11-10-30)36(34,35)25-9-6-21(28)13-23(25)29/h4-9,12-13,15,19H,2-3,11,14,16H2,1H3/t19-,26+/m1/s1. The van der Waals surface area contributed by atoms with Crippen molar-refractivity contribution in [3.05, 3.63) is 82.9 Å². The largest absolute Gasteiger partial charge is 0.246 e. The first-order chi connectivity index (χ1) is 17.1. The van der Waals surface area contributed by atoms with Crippen molar-refractivity contribution >= 4 is 16.1 Å². The molecular weight excluding hydrogens is 489 g/mol. The van der Waals surface area contributed by atoms with Crippen LogP contribution in [0.5, 0.6) is 0 Å². The number of fused-ring (bicyclic) bond motifs is 2. The predicted molar refractivity (Wildman–Crippen MR) is 127 cm³/mol. The minimum Gasteiger partial charge on any atom is -0.233 e. The lowest BCUT2D eigenvalue weighted by atomic mass is 9.70. The van der Waals surface area contributed by atoms with Gasteiger partial charge in [0.1, 0.15) is 28.9 Å². The van der Waals surface area contributed by atoms with E-state index in [0.29, 0.717) is 18.9 Å². The molecule has 2 aliphatic carbocycles. The van der Waals surface area contributed by atoms with Gasteiger partial charge in [-0.3, -0.25) is 0 Å². The van der Waals surface area contributed by atoms with Crippen molar-refractivity contribution in [2.75, 3.05) is 13.1 Å². The fourth-order valence-corrected chi connectivity index (χ4v) is 6.84. The zero-order chi connectivity index (χ0) is 25.7. The van der Waals surface area contributed by atoms with E-state index < -0.39 is 33.1 Å². The van der Waals surface area contributed by atoms with Crippen LogP contribution in [0.4, 0.5) is 13.2 Å². The van der Waals surface area contributed by atoms with Crippen LogP contribution in [-0.2, 0) is 16.4 Å². The van der Waals surface area contributed by atoms with Gasteiger partial charge in [0.15, 0.2) is 0 Å². The van der Waals surface area contributed by atoms with Gasteiger partial charge >= 0.3 is 0 Å². The third kappa shape index (κ3) is 4.02. The number of aromatic nitrogens is 2. The minimum absolute atomic E-state index is 0.0297. The molecule has 2 aromatic carbocycles. The van der Waals surface area contributed by atoms with E-state index in [1.54, 1.807) is 23.0 Å². The second-order valence-electron chi connectivity index (χ2n) is 9.47. The number of rotatable bonds is 6. The van der Waals surface area contributed by atoms with Crippen molar-refractivity contribution < 1.29 is 21.6 Å². The highest BCUT2D eigenvalue weighted by molar-refractivity contribution is 7.89. The van der Waals surface area contributed by atoms with Crippen LogP contribution >= 0.6 is 0 Å². The first-order valence-corrected chi connectivity index (χ1v) is 12.9. The smallest absolute Gasteiger partial charge is 0.233 e. The number of nitriles is 1. The summed E-state index contributed by atoms with van der Waals surface area (Å²) in [5, 5.41) is 13.8. The monoisotopic (exact) mass is 512 g/mol. The van der Waals surface area contributed by atoms with Crippen LogP contribution in [0.2, 0.25) is 0 Å². The Bertz CT molecular complexity index is 1510. The van der Waals surface area contributed by atoms with Crippen molar-refractivity contribution in [2.45, 2.75) is 31.1 Å². The van der Waals surface area contributed by atoms with Crippen LogP contribution in [0.3, 0.4) is 0 Å². The molecule has 0 N–H and O–H groups in total. The van der Waals surface area contributed by atoms with E-state index in [4.69, 9.17) is 0 Å². The number of halogens is 3. The lowest BCUT2D eigenvalue weighted by Gasteiger charge is -2.37. The molecule has 0 saturated heterocycles. The fraction of sp³-hybridized carbons (Fsp3) is 0.308. The molecule has 0 spiro atoms. The maximum absolute atomic E-state index is 14.4. The molecule has 0 unspecified atom stereocenters. The molecule has 0 radical (unpaired) electrons. The summed E-state index contributed by atoms with van der Waals surface area (Å²) in [4.78, 5) is -0.649. The summed E-state index contributed by atoms with van der Waals surface area (Å²) in [6.07, 6.45) is 5.88. The van der Waals surface area contributed by atoms with Crippen molar-refractivity contribution in [3.8, 4) is 11.8 Å². The van der Waals surface area contributed by atoms with Crippen LogP contribution in [-0.4, -0.2) is 35.6 Å². The quantitative estimate of drug-likeness (QED) is 0.442. The molecule has 1 heterocycles. The lowest BCUT2D eigenvalue weighted by Crippen LogP contribution is -2.41. The van der Waals surface area contributed by atoms with E-state index in [9.17, 15) is 26.9 Å². The van der Waals surface area contributed by atoms with Crippen LogP contribution in [0.1, 0.15) is 31.0 Å². The SMILES string of the molecule is C[C@]12Cc3cnn(-c4ccc(F)cc4)c3C=C1CC[C@@H]2CN(CC#N)S(=O)(=O)c1ccc(F)cc1F. The van der Waals surface area contributed by atoms with Crippen LogP contribution in [0.15, 0.2) is 59.1 Å². The fourth-order valence-electron chi connectivity index (χ4n) is 5.41. The minimum atomic E-state index is -4.36. The normalized spacial score (nSPS) is 21.1. The number of benzene rings is 2. The Morgan fingerprint density at radius 1 is 1.17 bits per heavy atom. The first-order valence-electron chi connectivity index (χ1n) is 11.5. The third-order valence-corrected chi connectivity index (χ3v) is 9.25. The molecule has 36 heavy (non-hydrogen) atoms. The second-order valence-corrected chi connectivity index (χ2v) is 11.4. The molecule has 2 aliphatic rings. The van der Waals surface area contributed by atoms with Crippen molar-refractivity contribution in [3.63, 3.8) is 0 Å². The molecule has 6 nitrogen and oxygen atoms in total. The molecule has 0 aliphatic heterocycles. The average Bonchev–Trinajstić information content (AvgIpc) is 3.37. The van der Waals surface area contributed by atoms with E-state index >= 15 is 0 Å². The van der Waals surface area contributed by atoms with Crippen LogP contribution in [0, 0.1) is 40.1 Å². The van der Waals surface area contributed by atoms with Gasteiger partial charge in [-0.1, -0.05) is 12.5 Å². The van der Waals surface area contributed by atoms with Gasteiger partial charge in [-0.05, 0) is 78.6 Å². The van der Waals surface area contributed by atoms with E-state index in [-0.39, 0.29) is 23.7 Å². The number of allylic oxidation sites excluding steroid dienone is 1. The molecule has 0 amide bonds. The molecule has 1 saturated carbocycles. The Balaban J connectivity index is 1.45. The maximum atomic E-state index is 14.4. The zero-order valence-corrected chi connectivity index (χ0v) is 20.3. The van der Waals surface area contributed by atoms with Crippen molar-refractivity contribution in [1.82, 2.24) is 14.1 Å². The first kappa shape index (κ1) is 24.3. The lowest BCUT2D eigenvalue weighted by molar-refractivity contribution is 0.227. The van der Waals surface area contributed by atoms with Crippen LogP contribution in [0.25, 0.3) is 11.8 Å². The van der Waals surface area contributed by atoms with Gasteiger partial charge in [0.05, 0.1) is 23.6 Å². The topological polar surface area (TPSA) is 79.0 Å². The summed E-state index contributed by atoms with van der Waals surface area (Å²) < 4.78 is 70.4. The summed E-state index contributed by atoms with van der Waals surface area (Å²) >= 11 is 0. The number of hydrogen-bond acceptors (Lipinski definition) is 4. The van der Waals surface area contributed by atoms with Gasteiger partial charge in [-0.2, -0.15) is 14.7 Å². The van der Waals surface area contributed by atoms with Gasteiger partial charge in [-0.15, -0.1) is 0 Å². The van der Waals surface area contributed by atoms with Gasteiger partial charge in [-0.25, -0.2) is 26.3 Å². The van der Waals surface area contributed by atoms with E-state index in [0.717, 1.165) is 45.4 Å². The molecule has 2 atom stereocenters. The summed E-state index contributed by atoms with van der Waals surface area (Å²) in [6, 6.07) is 10.2. The average molecular weight is 513 g/mol. The Morgan fingerprint density at radius 2 is 1.89 bits per heavy atom. The molecule has 1 aromatic heterocycles. The highest BCUT2D eigenvalue weighted by Crippen LogP contribution is 2.53.